The van der Waals surface area contributed by atoms with E-state index in [4.69, 9.17) is 4.98 Å². The molecule has 0 saturated heterocycles. The Labute approximate surface area is 216 Å². The van der Waals surface area contributed by atoms with Crippen molar-refractivity contribution in [3.8, 4) is 22.9 Å². The highest BCUT2D eigenvalue weighted by Crippen LogP contribution is 2.26. The van der Waals surface area contributed by atoms with Crippen LogP contribution in [0.4, 0.5) is 4.39 Å². The van der Waals surface area contributed by atoms with Gasteiger partial charge in [0, 0.05) is 12.0 Å². The van der Waals surface area contributed by atoms with Gasteiger partial charge in [-0.25, -0.2) is 9.37 Å². The molecule has 3 aromatic carbocycles. The van der Waals surface area contributed by atoms with Crippen LogP contribution >= 0.6 is 0 Å². The molecule has 0 spiro atoms. The molecule has 5 nitrogen and oxygen atoms in total. The van der Waals surface area contributed by atoms with Gasteiger partial charge in [0.05, 0.1) is 29.1 Å². The maximum atomic E-state index is 15.4. The van der Waals surface area contributed by atoms with E-state index in [2.05, 4.69) is 13.0 Å². The Hall–Kier alpha value is -4.08. The highest BCUT2D eigenvalue weighted by Gasteiger charge is 2.19. The van der Waals surface area contributed by atoms with Crippen molar-refractivity contribution in [1.29, 1.82) is 5.26 Å². The largest absolute Gasteiger partial charge is 0.389 e. The molecule has 0 aliphatic heterocycles. The lowest BCUT2D eigenvalue weighted by Gasteiger charge is -2.17. The number of aliphatic hydroxyl groups is 1. The lowest BCUT2D eigenvalue weighted by molar-refractivity contribution is 0.199. The second kappa shape index (κ2) is 11.3. The number of aromatic nitrogens is 2. The van der Waals surface area contributed by atoms with E-state index in [0.717, 1.165) is 12.8 Å². The van der Waals surface area contributed by atoms with E-state index in [1.165, 1.54) is 10.6 Å². The predicted molar refractivity (Wildman–Crippen MR) is 143 cm³/mol. The summed E-state index contributed by atoms with van der Waals surface area (Å²) < 4.78 is 16.9. The van der Waals surface area contributed by atoms with Gasteiger partial charge >= 0.3 is 0 Å². The van der Waals surface area contributed by atoms with Crippen LogP contribution in [-0.4, -0.2) is 14.7 Å². The molecule has 4 rings (SSSR count). The Balaban J connectivity index is 1.80. The Morgan fingerprint density at radius 1 is 1.11 bits per heavy atom. The monoisotopic (exact) mass is 495 g/mol. The third kappa shape index (κ3) is 5.52. The molecule has 6 heteroatoms. The molecule has 0 fully saturated rings. The Morgan fingerprint density at radius 3 is 2.59 bits per heavy atom. The van der Waals surface area contributed by atoms with Gasteiger partial charge in [0.1, 0.15) is 11.6 Å². The van der Waals surface area contributed by atoms with Crippen molar-refractivity contribution < 1.29 is 9.50 Å². The fourth-order valence-electron chi connectivity index (χ4n) is 4.56. The van der Waals surface area contributed by atoms with Gasteiger partial charge in [0.2, 0.25) is 0 Å². The smallest absolute Gasteiger partial charge is 0.261 e. The first-order valence-electron chi connectivity index (χ1n) is 12.5. The molecule has 1 aromatic heterocycles. The topological polar surface area (TPSA) is 78.9 Å². The molecule has 0 amide bonds. The van der Waals surface area contributed by atoms with Crippen molar-refractivity contribution in [2.75, 3.05) is 0 Å². The van der Waals surface area contributed by atoms with Crippen LogP contribution in [0.1, 0.15) is 66.6 Å². The molecule has 0 bridgehead atoms. The number of nitriles is 1. The standard InChI is InChI=1S/C31H30FN3O2/c1-4-5-13-30-28(31(37)35(21(3)34-30)26-11-8-10-22(16-26)20(2)36)17-24-15-14-23(18-29(24)32)27-12-7-6-9-25(27)19-33/h6-12,14-16,18,20,36H,4-5,13,17H2,1-3H3/t20-/m1/s1. The lowest BCUT2D eigenvalue weighted by Crippen LogP contribution is -2.28. The number of hydrogen-bond acceptors (Lipinski definition) is 4. The molecule has 0 aliphatic rings. The van der Waals surface area contributed by atoms with Crippen molar-refractivity contribution in [3.05, 3.63) is 117 Å². The van der Waals surface area contributed by atoms with E-state index in [-0.39, 0.29) is 12.0 Å². The normalized spacial score (nSPS) is 11.8. The summed E-state index contributed by atoms with van der Waals surface area (Å²) in [5.41, 5.74) is 4.36. The van der Waals surface area contributed by atoms with Gasteiger partial charge in [-0.1, -0.05) is 55.8 Å². The average molecular weight is 496 g/mol. The fourth-order valence-corrected chi connectivity index (χ4v) is 4.56. The molecular formula is C31H30FN3O2. The molecule has 0 radical (unpaired) electrons. The molecule has 1 N–H and O–H groups in total. The third-order valence-corrected chi connectivity index (χ3v) is 6.59. The van der Waals surface area contributed by atoms with Crippen LogP contribution < -0.4 is 5.56 Å². The number of aryl methyl sites for hydroxylation is 2. The van der Waals surface area contributed by atoms with Gasteiger partial charge < -0.3 is 5.11 Å². The molecule has 4 aromatic rings. The molecule has 37 heavy (non-hydrogen) atoms. The number of unbranched alkanes of at least 4 members (excludes halogenated alkanes) is 1. The van der Waals surface area contributed by atoms with Crippen LogP contribution in [0.3, 0.4) is 0 Å². The van der Waals surface area contributed by atoms with Gasteiger partial charge in [0.15, 0.2) is 0 Å². The van der Waals surface area contributed by atoms with Gasteiger partial charge in [-0.3, -0.25) is 9.36 Å². The second-order valence-corrected chi connectivity index (χ2v) is 9.24. The summed E-state index contributed by atoms with van der Waals surface area (Å²) in [6.45, 7) is 5.54. The highest BCUT2D eigenvalue weighted by atomic mass is 19.1. The summed E-state index contributed by atoms with van der Waals surface area (Å²) in [5.74, 6) is 0.112. The molecular weight excluding hydrogens is 465 g/mol. The highest BCUT2D eigenvalue weighted by molar-refractivity contribution is 5.70. The van der Waals surface area contributed by atoms with E-state index in [1.54, 1.807) is 68.4 Å². The maximum Gasteiger partial charge on any atom is 0.261 e. The zero-order valence-corrected chi connectivity index (χ0v) is 21.3. The summed E-state index contributed by atoms with van der Waals surface area (Å²) in [5, 5.41) is 19.4. The van der Waals surface area contributed by atoms with Crippen LogP contribution in [0.2, 0.25) is 0 Å². The van der Waals surface area contributed by atoms with Crippen LogP contribution in [0.5, 0.6) is 0 Å². The minimum atomic E-state index is -0.675. The Morgan fingerprint density at radius 2 is 1.89 bits per heavy atom. The van der Waals surface area contributed by atoms with E-state index in [9.17, 15) is 15.2 Å². The van der Waals surface area contributed by atoms with Crippen molar-refractivity contribution >= 4 is 0 Å². The quantitative estimate of drug-likeness (QED) is 0.315. The fraction of sp³-hybridized carbons (Fsp3) is 0.258. The minimum absolute atomic E-state index is 0.104. The Bertz CT molecular complexity index is 1530. The maximum absolute atomic E-state index is 15.4. The van der Waals surface area contributed by atoms with E-state index >= 15 is 4.39 Å². The molecule has 188 valence electrons. The van der Waals surface area contributed by atoms with Crippen molar-refractivity contribution in [3.63, 3.8) is 0 Å². The molecule has 1 heterocycles. The Kier molecular flexibility index (Phi) is 7.95. The summed E-state index contributed by atoms with van der Waals surface area (Å²) in [7, 11) is 0. The third-order valence-electron chi connectivity index (χ3n) is 6.59. The van der Waals surface area contributed by atoms with Crippen LogP contribution in [0.15, 0.2) is 71.5 Å². The molecule has 1 atom stereocenters. The second-order valence-electron chi connectivity index (χ2n) is 9.24. The van der Waals surface area contributed by atoms with Crippen LogP contribution in [0, 0.1) is 24.1 Å². The van der Waals surface area contributed by atoms with E-state index < -0.39 is 11.9 Å². The van der Waals surface area contributed by atoms with Gasteiger partial charge in [-0.15, -0.1) is 0 Å². The minimum Gasteiger partial charge on any atom is -0.389 e. The van der Waals surface area contributed by atoms with Crippen LogP contribution in [0.25, 0.3) is 16.8 Å². The number of rotatable bonds is 8. The molecule has 0 aliphatic carbocycles. The van der Waals surface area contributed by atoms with E-state index in [0.29, 0.717) is 57.0 Å². The van der Waals surface area contributed by atoms with Crippen molar-refractivity contribution in [2.45, 2.75) is 52.6 Å². The van der Waals surface area contributed by atoms with E-state index in [1.807, 2.05) is 6.07 Å². The van der Waals surface area contributed by atoms with Crippen LogP contribution in [-0.2, 0) is 12.8 Å². The molecule has 0 saturated carbocycles. The number of benzene rings is 3. The molecule has 0 unspecified atom stereocenters. The first kappa shape index (κ1) is 26.0. The van der Waals surface area contributed by atoms with Crippen molar-refractivity contribution in [1.82, 2.24) is 9.55 Å². The summed E-state index contributed by atoms with van der Waals surface area (Å²) in [4.78, 5) is 18.6. The van der Waals surface area contributed by atoms with Gasteiger partial charge in [-0.05, 0) is 73.2 Å². The summed E-state index contributed by atoms with van der Waals surface area (Å²) >= 11 is 0. The summed E-state index contributed by atoms with van der Waals surface area (Å²) in [6.07, 6.45) is 1.87. The van der Waals surface area contributed by atoms with Crippen molar-refractivity contribution in [2.24, 2.45) is 0 Å². The number of aliphatic hydroxyl groups excluding tert-OH is 1. The number of hydrogen-bond donors (Lipinski definition) is 1. The first-order chi connectivity index (χ1) is 17.8. The SMILES string of the molecule is CCCCc1nc(C)n(-c2cccc([C@@H](C)O)c2)c(=O)c1Cc1ccc(-c2ccccc2C#N)cc1F. The average Bonchev–Trinajstić information content (AvgIpc) is 2.90. The summed E-state index contributed by atoms with van der Waals surface area (Å²) in [6, 6.07) is 21.3. The first-order valence-corrected chi connectivity index (χ1v) is 12.5. The predicted octanol–water partition coefficient (Wildman–Crippen LogP) is 6.21. The number of halogens is 1. The van der Waals surface area contributed by atoms with Gasteiger partial charge in [-0.2, -0.15) is 5.26 Å². The van der Waals surface area contributed by atoms with Gasteiger partial charge in [0.25, 0.3) is 5.56 Å². The zero-order valence-electron chi connectivity index (χ0n) is 21.3. The zero-order chi connectivity index (χ0) is 26.5. The lowest BCUT2D eigenvalue weighted by atomic mass is 9.96. The number of nitrogens with zero attached hydrogens (tertiary/aromatic N) is 3.